The van der Waals surface area contributed by atoms with E-state index in [4.69, 9.17) is 4.98 Å². The molecule has 21 heavy (non-hydrogen) atoms. The Morgan fingerprint density at radius 3 is 2.52 bits per heavy atom. The van der Waals surface area contributed by atoms with E-state index in [1.165, 1.54) is 11.1 Å². The van der Waals surface area contributed by atoms with Gasteiger partial charge in [-0.1, -0.05) is 23.8 Å². The van der Waals surface area contributed by atoms with E-state index in [9.17, 15) is 0 Å². The van der Waals surface area contributed by atoms with E-state index in [1.807, 2.05) is 0 Å². The summed E-state index contributed by atoms with van der Waals surface area (Å²) in [4.78, 5) is 6.94. The summed E-state index contributed by atoms with van der Waals surface area (Å²) in [5.41, 5.74) is 3.61. The van der Waals surface area contributed by atoms with Crippen LogP contribution in [-0.4, -0.2) is 40.4 Å². The molecule has 3 rings (SSSR count). The standard InChI is InChI=1S/C16H23N5/c1-10-5-6-14(11(2)7-10)15-18-16(20-19-15)21-8-12(3)17-13(4)9-21/h5-7,12-13,17H,8-9H2,1-4H3,(H,18,19,20). The Balaban J connectivity index is 1.86. The second-order valence-corrected chi connectivity index (χ2v) is 6.18. The van der Waals surface area contributed by atoms with E-state index in [0.717, 1.165) is 30.4 Å². The molecule has 2 heterocycles. The molecule has 5 heteroatoms. The fraction of sp³-hybridized carbons (Fsp3) is 0.500. The molecule has 2 atom stereocenters. The van der Waals surface area contributed by atoms with Crippen LogP contribution in [0.15, 0.2) is 18.2 Å². The largest absolute Gasteiger partial charge is 0.336 e. The molecule has 5 nitrogen and oxygen atoms in total. The molecule has 0 bridgehead atoms. The van der Waals surface area contributed by atoms with Gasteiger partial charge in [-0.05, 0) is 33.3 Å². The van der Waals surface area contributed by atoms with Gasteiger partial charge >= 0.3 is 0 Å². The van der Waals surface area contributed by atoms with Crippen LogP contribution in [-0.2, 0) is 0 Å². The number of hydrogen-bond donors (Lipinski definition) is 2. The molecule has 0 saturated carbocycles. The first kappa shape index (κ1) is 14.1. The van der Waals surface area contributed by atoms with Crippen LogP contribution < -0.4 is 10.2 Å². The van der Waals surface area contributed by atoms with Gasteiger partial charge in [0.2, 0.25) is 5.95 Å². The minimum atomic E-state index is 0.455. The number of aryl methyl sites for hydroxylation is 2. The summed E-state index contributed by atoms with van der Waals surface area (Å²) in [6.45, 7) is 10.5. The average molecular weight is 285 g/mol. The van der Waals surface area contributed by atoms with Crippen molar-refractivity contribution in [3.05, 3.63) is 29.3 Å². The highest BCUT2D eigenvalue weighted by atomic mass is 15.4. The first-order valence-corrected chi connectivity index (χ1v) is 7.54. The quantitative estimate of drug-likeness (QED) is 0.889. The highest BCUT2D eigenvalue weighted by molar-refractivity contribution is 5.61. The Morgan fingerprint density at radius 1 is 1.14 bits per heavy atom. The lowest BCUT2D eigenvalue weighted by atomic mass is 10.1. The van der Waals surface area contributed by atoms with Crippen molar-refractivity contribution in [1.29, 1.82) is 0 Å². The summed E-state index contributed by atoms with van der Waals surface area (Å²) in [6.07, 6.45) is 0. The topological polar surface area (TPSA) is 56.8 Å². The number of aromatic nitrogens is 3. The van der Waals surface area contributed by atoms with Crippen LogP contribution in [0.4, 0.5) is 5.95 Å². The van der Waals surface area contributed by atoms with Gasteiger partial charge in [0.05, 0.1) is 0 Å². The van der Waals surface area contributed by atoms with Gasteiger partial charge in [-0.2, -0.15) is 4.98 Å². The van der Waals surface area contributed by atoms with Gasteiger partial charge in [-0.25, -0.2) is 0 Å². The Labute approximate surface area is 125 Å². The molecule has 2 N–H and O–H groups in total. The molecule has 1 aliphatic heterocycles. The van der Waals surface area contributed by atoms with E-state index in [-0.39, 0.29) is 0 Å². The number of rotatable bonds is 2. The maximum absolute atomic E-state index is 4.70. The lowest BCUT2D eigenvalue weighted by Gasteiger charge is -2.35. The predicted octanol–water partition coefficient (Wildman–Crippen LogP) is 2.28. The van der Waals surface area contributed by atoms with Crippen LogP contribution in [0.1, 0.15) is 25.0 Å². The normalized spacial score (nSPS) is 22.6. The van der Waals surface area contributed by atoms with Crippen LogP contribution >= 0.6 is 0 Å². The van der Waals surface area contributed by atoms with Crippen molar-refractivity contribution >= 4 is 5.95 Å². The van der Waals surface area contributed by atoms with Crippen molar-refractivity contribution in [2.45, 2.75) is 39.8 Å². The molecular formula is C16H23N5. The fourth-order valence-corrected chi connectivity index (χ4v) is 3.08. The number of H-pyrrole nitrogens is 1. The number of hydrogen-bond acceptors (Lipinski definition) is 4. The molecule has 0 radical (unpaired) electrons. The van der Waals surface area contributed by atoms with Crippen molar-refractivity contribution in [2.24, 2.45) is 0 Å². The zero-order chi connectivity index (χ0) is 15.0. The van der Waals surface area contributed by atoms with Gasteiger partial charge in [-0.15, -0.1) is 5.10 Å². The van der Waals surface area contributed by atoms with Crippen molar-refractivity contribution in [1.82, 2.24) is 20.5 Å². The molecule has 112 valence electrons. The van der Waals surface area contributed by atoms with Crippen molar-refractivity contribution < 1.29 is 0 Å². The molecule has 1 aromatic heterocycles. The van der Waals surface area contributed by atoms with Crippen molar-refractivity contribution in [2.75, 3.05) is 18.0 Å². The molecule has 0 aliphatic carbocycles. The summed E-state index contributed by atoms with van der Waals surface area (Å²) in [5, 5.41) is 11.0. The van der Waals surface area contributed by atoms with Crippen molar-refractivity contribution in [3.63, 3.8) is 0 Å². The van der Waals surface area contributed by atoms with E-state index >= 15 is 0 Å². The van der Waals surface area contributed by atoms with Gasteiger partial charge < -0.3 is 10.2 Å². The molecular weight excluding hydrogens is 262 g/mol. The van der Waals surface area contributed by atoms with Gasteiger partial charge in [0.25, 0.3) is 0 Å². The number of aromatic amines is 1. The third kappa shape index (κ3) is 2.93. The molecule has 2 aromatic rings. The minimum absolute atomic E-state index is 0.455. The first-order valence-electron chi connectivity index (χ1n) is 7.54. The van der Waals surface area contributed by atoms with Crippen LogP contribution in [0.2, 0.25) is 0 Å². The van der Waals surface area contributed by atoms with Gasteiger partial charge in [-0.3, -0.25) is 5.10 Å². The Bertz CT molecular complexity index is 623. The fourth-order valence-electron chi connectivity index (χ4n) is 3.08. The van der Waals surface area contributed by atoms with Crippen LogP contribution in [0.5, 0.6) is 0 Å². The summed E-state index contributed by atoms with van der Waals surface area (Å²) in [6, 6.07) is 7.30. The second-order valence-electron chi connectivity index (χ2n) is 6.18. The van der Waals surface area contributed by atoms with Crippen LogP contribution in [0.3, 0.4) is 0 Å². The molecule has 2 unspecified atom stereocenters. The second kappa shape index (κ2) is 5.48. The highest BCUT2D eigenvalue weighted by Crippen LogP contribution is 2.23. The highest BCUT2D eigenvalue weighted by Gasteiger charge is 2.24. The SMILES string of the molecule is Cc1ccc(-c2nc(N3CC(C)NC(C)C3)n[nH]2)c(C)c1. The predicted molar refractivity (Wildman–Crippen MR) is 85.6 cm³/mol. The van der Waals surface area contributed by atoms with E-state index in [1.54, 1.807) is 0 Å². The molecule has 0 amide bonds. The van der Waals surface area contributed by atoms with Crippen LogP contribution in [0, 0.1) is 13.8 Å². The number of nitrogens with one attached hydrogen (secondary N) is 2. The number of anilines is 1. The monoisotopic (exact) mass is 285 g/mol. The number of benzene rings is 1. The summed E-state index contributed by atoms with van der Waals surface area (Å²) in [7, 11) is 0. The van der Waals surface area contributed by atoms with E-state index < -0.39 is 0 Å². The maximum atomic E-state index is 4.70. The zero-order valence-electron chi connectivity index (χ0n) is 13.1. The van der Waals surface area contributed by atoms with E-state index in [0.29, 0.717) is 12.1 Å². The summed E-state index contributed by atoms with van der Waals surface area (Å²) >= 11 is 0. The summed E-state index contributed by atoms with van der Waals surface area (Å²) < 4.78 is 0. The smallest absolute Gasteiger partial charge is 0.245 e. The number of piperazine rings is 1. The van der Waals surface area contributed by atoms with Gasteiger partial charge in [0.1, 0.15) is 0 Å². The molecule has 0 spiro atoms. The maximum Gasteiger partial charge on any atom is 0.245 e. The third-order valence-corrected chi connectivity index (χ3v) is 3.95. The van der Waals surface area contributed by atoms with Crippen molar-refractivity contribution in [3.8, 4) is 11.4 Å². The average Bonchev–Trinajstić information content (AvgIpc) is 2.87. The van der Waals surface area contributed by atoms with Gasteiger partial charge in [0, 0.05) is 30.7 Å². The number of nitrogens with zero attached hydrogens (tertiary/aromatic N) is 3. The van der Waals surface area contributed by atoms with Crippen LogP contribution in [0.25, 0.3) is 11.4 Å². The lowest BCUT2D eigenvalue weighted by Crippen LogP contribution is -2.54. The third-order valence-electron chi connectivity index (χ3n) is 3.95. The van der Waals surface area contributed by atoms with Gasteiger partial charge in [0.15, 0.2) is 5.82 Å². The Morgan fingerprint density at radius 2 is 1.86 bits per heavy atom. The first-order chi connectivity index (χ1) is 10.0. The summed E-state index contributed by atoms with van der Waals surface area (Å²) in [5.74, 6) is 1.64. The van der Waals surface area contributed by atoms with E-state index in [2.05, 4.69) is 66.3 Å². The molecule has 1 aromatic carbocycles. The minimum Gasteiger partial charge on any atom is -0.336 e. The molecule has 1 aliphatic rings. The Hall–Kier alpha value is -1.88. The molecule has 1 fully saturated rings. The molecule has 1 saturated heterocycles. The zero-order valence-corrected chi connectivity index (χ0v) is 13.1. The Kier molecular flexibility index (Phi) is 3.68. The lowest BCUT2D eigenvalue weighted by molar-refractivity contribution is 0.403.